The molecule has 0 bridgehead atoms. The van der Waals surface area contributed by atoms with Crippen LogP contribution in [0.3, 0.4) is 0 Å². The number of amides is 1. The molecule has 1 aromatic rings. The van der Waals surface area contributed by atoms with Crippen LogP contribution in [0.1, 0.15) is 18.4 Å². The van der Waals surface area contributed by atoms with Crippen LogP contribution >= 0.6 is 0 Å². The number of carboxylic acids is 1. The summed E-state index contributed by atoms with van der Waals surface area (Å²) >= 11 is 0. The zero-order chi connectivity index (χ0) is 14.0. The molecular formula is C13H13F2NO3. The summed E-state index contributed by atoms with van der Waals surface area (Å²) in [7, 11) is 0. The minimum atomic E-state index is -1.05. The lowest BCUT2D eigenvalue weighted by Crippen LogP contribution is -2.41. The Bertz CT molecular complexity index is 519. The molecule has 1 fully saturated rings. The molecule has 4 nitrogen and oxygen atoms in total. The van der Waals surface area contributed by atoms with Crippen molar-refractivity contribution in [1.82, 2.24) is 4.90 Å². The normalized spacial score (nSPS) is 18.6. The lowest BCUT2D eigenvalue weighted by Gasteiger charge is -2.21. The van der Waals surface area contributed by atoms with Gasteiger partial charge in [0.25, 0.3) is 0 Å². The van der Waals surface area contributed by atoms with Crippen LogP contribution in [0.5, 0.6) is 0 Å². The molecule has 1 saturated heterocycles. The Balaban J connectivity index is 2.10. The summed E-state index contributed by atoms with van der Waals surface area (Å²) in [5, 5.41) is 8.97. The van der Waals surface area contributed by atoms with E-state index in [1.54, 1.807) is 0 Å². The Labute approximate surface area is 108 Å². The zero-order valence-corrected chi connectivity index (χ0v) is 10.1. The molecule has 2 rings (SSSR count). The van der Waals surface area contributed by atoms with E-state index in [0.717, 1.165) is 6.07 Å². The maximum absolute atomic E-state index is 13.4. The van der Waals surface area contributed by atoms with Gasteiger partial charge >= 0.3 is 5.97 Å². The summed E-state index contributed by atoms with van der Waals surface area (Å²) in [5.41, 5.74) is 0.0717. The second-order valence-electron chi connectivity index (χ2n) is 4.50. The van der Waals surface area contributed by atoms with E-state index in [-0.39, 0.29) is 12.0 Å². The van der Waals surface area contributed by atoms with Gasteiger partial charge in [-0.2, -0.15) is 0 Å². The fourth-order valence-electron chi connectivity index (χ4n) is 2.25. The number of rotatable bonds is 3. The van der Waals surface area contributed by atoms with Gasteiger partial charge in [-0.25, -0.2) is 13.6 Å². The number of carboxylic acid groups (broad SMARTS) is 1. The molecule has 0 aliphatic carbocycles. The molecule has 1 heterocycles. The lowest BCUT2D eigenvalue weighted by molar-refractivity contribution is -0.148. The Morgan fingerprint density at radius 3 is 2.74 bits per heavy atom. The highest BCUT2D eigenvalue weighted by molar-refractivity contribution is 5.85. The smallest absolute Gasteiger partial charge is 0.326 e. The summed E-state index contributed by atoms with van der Waals surface area (Å²) in [4.78, 5) is 24.2. The maximum Gasteiger partial charge on any atom is 0.326 e. The third kappa shape index (κ3) is 2.89. The van der Waals surface area contributed by atoms with Crippen molar-refractivity contribution in [3.8, 4) is 0 Å². The summed E-state index contributed by atoms with van der Waals surface area (Å²) < 4.78 is 26.2. The molecule has 1 atom stereocenters. The monoisotopic (exact) mass is 269 g/mol. The number of carbonyl (C=O) groups excluding carboxylic acids is 1. The Hall–Kier alpha value is -1.98. The molecule has 1 amide bonds. The quantitative estimate of drug-likeness (QED) is 0.906. The number of hydrogen-bond acceptors (Lipinski definition) is 2. The highest BCUT2D eigenvalue weighted by Gasteiger charge is 2.33. The first-order chi connectivity index (χ1) is 8.99. The van der Waals surface area contributed by atoms with E-state index in [1.165, 1.54) is 11.0 Å². The largest absolute Gasteiger partial charge is 0.480 e. The van der Waals surface area contributed by atoms with E-state index in [4.69, 9.17) is 5.11 Å². The van der Waals surface area contributed by atoms with Gasteiger partial charge in [-0.15, -0.1) is 0 Å². The van der Waals surface area contributed by atoms with E-state index in [9.17, 15) is 18.4 Å². The van der Waals surface area contributed by atoms with Crippen molar-refractivity contribution in [2.75, 3.05) is 6.54 Å². The van der Waals surface area contributed by atoms with Gasteiger partial charge in [0.1, 0.15) is 17.7 Å². The fourth-order valence-corrected chi connectivity index (χ4v) is 2.25. The third-order valence-corrected chi connectivity index (χ3v) is 3.21. The van der Waals surface area contributed by atoms with Crippen LogP contribution in [0.2, 0.25) is 0 Å². The van der Waals surface area contributed by atoms with Gasteiger partial charge in [-0.05, 0) is 24.5 Å². The Morgan fingerprint density at radius 2 is 2.11 bits per heavy atom. The molecule has 0 radical (unpaired) electrons. The van der Waals surface area contributed by atoms with Crippen LogP contribution < -0.4 is 0 Å². The molecule has 102 valence electrons. The number of likely N-dealkylation sites (tertiary alicyclic amines) is 1. The van der Waals surface area contributed by atoms with Gasteiger partial charge in [-0.3, -0.25) is 4.79 Å². The minimum Gasteiger partial charge on any atom is -0.480 e. The number of aliphatic carboxylic acids is 1. The molecule has 1 N–H and O–H groups in total. The van der Waals surface area contributed by atoms with Crippen molar-refractivity contribution in [3.05, 3.63) is 35.4 Å². The second-order valence-corrected chi connectivity index (χ2v) is 4.50. The average molecular weight is 269 g/mol. The molecule has 6 heteroatoms. The first kappa shape index (κ1) is 13.5. The number of benzene rings is 1. The van der Waals surface area contributed by atoms with Crippen molar-refractivity contribution in [2.24, 2.45) is 0 Å². The zero-order valence-electron chi connectivity index (χ0n) is 10.1. The molecule has 0 aromatic heterocycles. The van der Waals surface area contributed by atoms with E-state index < -0.39 is 29.6 Å². The van der Waals surface area contributed by atoms with Crippen molar-refractivity contribution in [2.45, 2.75) is 25.3 Å². The minimum absolute atomic E-state index is 0.0717. The lowest BCUT2D eigenvalue weighted by atomic mass is 10.1. The van der Waals surface area contributed by atoms with Crippen molar-refractivity contribution < 1.29 is 23.5 Å². The molecule has 1 aliphatic heterocycles. The van der Waals surface area contributed by atoms with Gasteiger partial charge in [0.05, 0.1) is 6.42 Å². The molecule has 0 saturated carbocycles. The summed E-state index contributed by atoms with van der Waals surface area (Å²) in [6.07, 6.45) is 0.775. The number of nitrogens with zero attached hydrogens (tertiary/aromatic N) is 1. The van der Waals surface area contributed by atoms with E-state index in [1.807, 2.05) is 0 Å². The van der Waals surface area contributed by atoms with E-state index in [2.05, 4.69) is 0 Å². The standard InChI is InChI=1S/C13H13F2NO3/c14-9-4-3-8(10(15)7-9)6-12(17)16-5-1-2-11(16)13(18)19/h3-4,7,11H,1-2,5-6H2,(H,18,19)/t11-/m0/s1. The maximum atomic E-state index is 13.4. The second kappa shape index (κ2) is 5.34. The highest BCUT2D eigenvalue weighted by Crippen LogP contribution is 2.19. The predicted octanol–water partition coefficient (Wildman–Crippen LogP) is 1.58. The molecular weight excluding hydrogens is 256 g/mol. The van der Waals surface area contributed by atoms with Crippen LogP contribution in [0.4, 0.5) is 8.78 Å². The van der Waals surface area contributed by atoms with Gasteiger partial charge < -0.3 is 10.0 Å². The Kier molecular flexibility index (Phi) is 3.78. The first-order valence-electron chi connectivity index (χ1n) is 5.95. The van der Waals surface area contributed by atoms with Gasteiger partial charge in [0.2, 0.25) is 5.91 Å². The SMILES string of the molecule is O=C(O)[C@@H]1CCCN1C(=O)Cc1ccc(F)cc1F. The Morgan fingerprint density at radius 1 is 1.37 bits per heavy atom. The van der Waals surface area contributed by atoms with Crippen LogP contribution in [0.25, 0.3) is 0 Å². The van der Waals surface area contributed by atoms with Gasteiger partial charge in [-0.1, -0.05) is 6.07 Å². The average Bonchev–Trinajstić information content (AvgIpc) is 2.82. The van der Waals surface area contributed by atoms with Gasteiger partial charge in [0.15, 0.2) is 0 Å². The summed E-state index contributed by atoms with van der Waals surface area (Å²) in [6.45, 7) is 0.360. The van der Waals surface area contributed by atoms with Crippen LogP contribution in [-0.4, -0.2) is 34.5 Å². The van der Waals surface area contributed by atoms with Crippen molar-refractivity contribution in [3.63, 3.8) is 0 Å². The number of carbonyl (C=O) groups is 2. The first-order valence-corrected chi connectivity index (χ1v) is 5.95. The van der Waals surface area contributed by atoms with Crippen LogP contribution in [0, 0.1) is 11.6 Å². The highest BCUT2D eigenvalue weighted by atomic mass is 19.1. The summed E-state index contributed by atoms with van der Waals surface area (Å²) in [5.74, 6) is -3.00. The molecule has 0 spiro atoms. The molecule has 19 heavy (non-hydrogen) atoms. The predicted molar refractivity (Wildman–Crippen MR) is 62.4 cm³/mol. The fraction of sp³-hybridized carbons (Fsp3) is 0.385. The molecule has 1 aromatic carbocycles. The van der Waals surface area contributed by atoms with Gasteiger partial charge in [0, 0.05) is 12.6 Å². The van der Waals surface area contributed by atoms with Crippen molar-refractivity contribution >= 4 is 11.9 Å². The van der Waals surface area contributed by atoms with E-state index >= 15 is 0 Å². The topological polar surface area (TPSA) is 57.6 Å². The van der Waals surface area contributed by atoms with E-state index in [0.29, 0.717) is 25.5 Å². The number of hydrogen-bond donors (Lipinski definition) is 1. The molecule has 0 unspecified atom stereocenters. The number of halogens is 2. The summed E-state index contributed by atoms with van der Waals surface area (Å²) in [6, 6.07) is 2.15. The van der Waals surface area contributed by atoms with Crippen LogP contribution in [0.15, 0.2) is 18.2 Å². The third-order valence-electron chi connectivity index (χ3n) is 3.21. The van der Waals surface area contributed by atoms with Crippen molar-refractivity contribution in [1.29, 1.82) is 0 Å². The molecule has 1 aliphatic rings. The van der Waals surface area contributed by atoms with Crippen LogP contribution in [-0.2, 0) is 16.0 Å².